The molecule has 0 radical (unpaired) electrons. The molecule has 100 valence electrons. The third-order valence-electron chi connectivity index (χ3n) is 3.69. The number of hydrogen-bond acceptors (Lipinski definition) is 3. The van der Waals surface area contributed by atoms with Gasteiger partial charge in [0.1, 0.15) is 5.54 Å². The van der Waals surface area contributed by atoms with Crippen LogP contribution in [0, 0.1) is 5.92 Å². The summed E-state index contributed by atoms with van der Waals surface area (Å²) in [6.07, 6.45) is 6.47. The Morgan fingerprint density at radius 2 is 2.12 bits per heavy atom. The van der Waals surface area contributed by atoms with Crippen molar-refractivity contribution >= 4 is 5.97 Å². The van der Waals surface area contributed by atoms with Crippen molar-refractivity contribution in [1.29, 1.82) is 0 Å². The van der Waals surface area contributed by atoms with E-state index in [0.717, 1.165) is 6.42 Å². The Kier molecular flexibility index (Phi) is 5.40. The predicted molar refractivity (Wildman–Crippen MR) is 66.8 cm³/mol. The summed E-state index contributed by atoms with van der Waals surface area (Å²) in [6.45, 7) is 4.40. The number of ether oxygens (including phenoxy) is 1. The number of hydrogen-bond donors (Lipinski definition) is 2. The van der Waals surface area contributed by atoms with Gasteiger partial charge in [-0.25, -0.2) is 0 Å². The van der Waals surface area contributed by atoms with Crippen molar-refractivity contribution in [3.8, 4) is 0 Å². The van der Waals surface area contributed by atoms with Gasteiger partial charge < -0.3 is 15.6 Å². The number of nitrogens with two attached hydrogens (primary N) is 1. The first-order chi connectivity index (χ1) is 7.93. The third-order valence-corrected chi connectivity index (χ3v) is 3.69. The van der Waals surface area contributed by atoms with Gasteiger partial charge in [0.25, 0.3) is 0 Å². The van der Waals surface area contributed by atoms with Gasteiger partial charge in [-0.1, -0.05) is 19.8 Å². The number of aliphatic carboxylic acids is 1. The molecule has 0 saturated heterocycles. The van der Waals surface area contributed by atoms with Crippen LogP contribution in [0.2, 0.25) is 0 Å². The lowest BCUT2D eigenvalue weighted by Crippen LogP contribution is -2.44. The lowest BCUT2D eigenvalue weighted by molar-refractivity contribution is -0.143. The standard InChI is InChI=1S/C13H25NO3/c1-10-6-3-4-7-11(10)17-9-5-8-13(2,14)12(15)16/h10-11H,3-9,14H2,1-2H3,(H,15,16). The molecule has 0 heterocycles. The Balaban J connectivity index is 2.17. The lowest BCUT2D eigenvalue weighted by Gasteiger charge is -2.29. The number of carbonyl (C=O) groups is 1. The number of carboxylic acid groups (broad SMARTS) is 1. The molecule has 3 unspecified atom stereocenters. The van der Waals surface area contributed by atoms with Crippen LogP contribution in [0.15, 0.2) is 0 Å². The number of carboxylic acids is 1. The van der Waals surface area contributed by atoms with Gasteiger partial charge in [0.05, 0.1) is 6.10 Å². The molecular weight excluding hydrogens is 218 g/mol. The van der Waals surface area contributed by atoms with Crippen LogP contribution in [-0.2, 0) is 9.53 Å². The van der Waals surface area contributed by atoms with Gasteiger partial charge in [-0.3, -0.25) is 4.79 Å². The van der Waals surface area contributed by atoms with Crippen LogP contribution in [0.3, 0.4) is 0 Å². The minimum Gasteiger partial charge on any atom is -0.480 e. The first-order valence-corrected chi connectivity index (χ1v) is 6.57. The summed E-state index contributed by atoms with van der Waals surface area (Å²) in [5, 5.41) is 8.87. The van der Waals surface area contributed by atoms with E-state index < -0.39 is 11.5 Å². The molecule has 4 nitrogen and oxygen atoms in total. The van der Waals surface area contributed by atoms with Gasteiger partial charge in [0.2, 0.25) is 0 Å². The van der Waals surface area contributed by atoms with Crippen molar-refractivity contribution < 1.29 is 14.6 Å². The molecular formula is C13H25NO3. The Labute approximate surface area is 104 Å². The molecule has 1 fully saturated rings. The van der Waals surface area contributed by atoms with Crippen LogP contribution in [0.4, 0.5) is 0 Å². The molecule has 17 heavy (non-hydrogen) atoms. The Hall–Kier alpha value is -0.610. The van der Waals surface area contributed by atoms with E-state index in [0.29, 0.717) is 31.5 Å². The summed E-state index contributed by atoms with van der Waals surface area (Å²) < 4.78 is 5.82. The zero-order valence-electron chi connectivity index (χ0n) is 10.9. The summed E-state index contributed by atoms with van der Waals surface area (Å²) >= 11 is 0. The average Bonchev–Trinajstić information content (AvgIpc) is 2.26. The second-order valence-electron chi connectivity index (χ2n) is 5.50. The van der Waals surface area contributed by atoms with Crippen molar-refractivity contribution in [2.75, 3.05) is 6.61 Å². The van der Waals surface area contributed by atoms with Gasteiger partial charge in [0, 0.05) is 6.61 Å². The van der Waals surface area contributed by atoms with Gasteiger partial charge in [-0.15, -0.1) is 0 Å². The van der Waals surface area contributed by atoms with Gasteiger partial charge >= 0.3 is 5.97 Å². The minimum atomic E-state index is -1.12. The van der Waals surface area contributed by atoms with Gasteiger partial charge in [-0.05, 0) is 38.5 Å². The second kappa shape index (κ2) is 6.36. The molecule has 1 saturated carbocycles. The lowest BCUT2D eigenvalue weighted by atomic mass is 9.88. The van der Waals surface area contributed by atoms with Crippen molar-refractivity contribution in [3.05, 3.63) is 0 Å². The molecule has 1 rings (SSSR count). The minimum absolute atomic E-state index is 0.359. The molecule has 3 N–H and O–H groups in total. The monoisotopic (exact) mass is 243 g/mol. The zero-order chi connectivity index (χ0) is 12.9. The summed E-state index contributed by atoms with van der Waals surface area (Å²) in [5.74, 6) is -0.309. The molecule has 0 aromatic carbocycles. The van der Waals surface area contributed by atoms with Gasteiger partial charge in [-0.2, -0.15) is 0 Å². The fourth-order valence-electron chi connectivity index (χ4n) is 2.31. The van der Waals surface area contributed by atoms with Crippen LogP contribution in [0.1, 0.15) is 52.4 Å². The SMILES string of the molecule is CC1CCCCC1OCCCC(C)(N)C(=O)O. The van der Waals surface area contributed by atoms with E-state index in [4.69, 9.17) is 15.6 Å². The smallest absolute Gasteiger partial charge is 0.323 e. The fourth-order valence-corrected chi connectivity index (χ4v) is 2.31. The molecule has 4 heteroatoms. The zero-order valence-corrected chi connectivity index (χ0v) is 10.9. The van der Waals surface area contributed by atoms with Crippen molar-refractivity contribution in [3.63, 3.8) is 0 Å². The molecule has 0 aromatic heterocycles. The predicted octanol–water partition coefficient (Wildman–Crippen LogP) is 2.16. The normalized spacial score (nSPS) is 28.6. The molecule has 0 amide bonds. The number of rotatable bonds is 6. The van der Waals surface area contributed by atoms with Crippen LogP contribution in [0.5, 0.6) is 0 Å². The Morgan fingerprint density at radius 1 is 1.47 bits per heavy atom. The van der Waals surface area contributed by atoms with Gasteiger partial charge in [0.15, 0.2) is 0 Å². The van der Waals surface area contributed by atoms with Crippen molar-refractivity contribution in [1.82, 2.24) is 0 Å². The van der Waals surface area contributed by atoms with E-state index in [2.05, 4.69) is 6.92 Å². The molecule has 1 aliphatic rings. The molecule has 0 spiro atoms. The first-order valence-electron chi connectivity index (χ1n) is 6.57. The van der Waals surface area contributed by atoms with E-state index in [1.807, 2.05) is 0 Å². The van der Waals surface area contributed by atoms with Crippen LogP contribution < -0.4 is 5.73 Å². The molecule has 0 aromatic rings. The first kappa shape index (κ1) is 14.5. The molecule has 1 aliphatic carbocycles. The highest BCUT2D eigenvalue weighted by Gasteiger charge is 2.27. The van der Waals surface area contributed by atoms with Crippen molar-refractivity contribution in [2.45, 2.75) is 64.0 Å². The fraction of sp³-hybridized carbons (Fsp3) is 0.923. The highest BCUT2D eigenvalue weighted by atomic mass is 16.5. The summed E-state index contributed by atoms with van der Waals surface area (Å²) in [5.41, 5.74) is 4.53. The molecule has 0 bridgehead atoms. The largest absolute Gasteiger partial charge is 0.480 e. The summed E-state index contributed by atoms with van der Waals surface area (Å²) in [4.78, 5) is 10.8. The quantitative estimate of drug-likeness (QED) is 0.701. The van der Waals surface area contributed by atoms with E-state index in [-0.39, 0.29) is 0 Å². The maximum atomic E-state index is 10.8. The van der Waals surface area contributed by atoms with E-state index in [1.165, 1.54) is 19.3 Å². The molecule has 0 aliphatic heterocycles. The van der Waals surface area contributed by atoms with Crippen molar-refractivity contribution in [2.24, 2.45) is 11.7 Å². The average molecular weight is 243 g/mol. The third kappa shape index (κ3) is 4.64. The summed E-state index contributed by atoms with van der Waals surface area (Å²) in [6, 6.07) is 0. The van der Waals surface area contributed by atoms with Crippen LogP contribution in [-0.4, -0.2) is 29.3 Å². The topological polar surface area (TPSA) is 72.5 Å². The van der Waals surface area contributed by atoms with E-state index in [9.17, 15) is 4.79 Å². The highest BCUT2D eigenvalue weighted by Crippen LogP contribution is 2.26. The Bertz CT molecular complexity index is 253. The maximum Gasteiger partial charge on any atom is 0.323 e. The van der Waals surface area contributed by atoms with E-state index >= 15 is 0 Å². The maximum absolute atomic E-state index is 10.8. The van der Waals surface area contributed by atoms with Crippen LogP contribution >= 0.6 is 0 Å². The molecule has 3 atom stereocenters. The second-order valence-corrected chi connectivity index (χ2v) is 5.50. The highest BCUT2D eigenvalue weighted by molar-refractivity contribution is 5.77. The van der Waals surface area contributed by atoms with Crippen LogP contribution in [0.25, 0.3) is 0 Å². The summed E-state index contributed by atoms with van der Waals surface area (Å²) in [7, 11) is 0. The Morgan fingerprint density at radius 3 is 2.71 bits per heavy atom. The van der Waals surface area contributed by atoms with E-state index in [1.54, 1.807) is 6.92 Å².